The van der Waals surface area contributed by atoms with Gasteiger partial charge in [-0.05, 0) is 6.92 Å². The first-order valence-corrected chi connectivity index (χ1v) is 7.03. The van der Waals surface area contributed by atoms with Gasteiger partial charge in [-0.15, -0.1) is 0 Å². The third-order valence-corrected chi connectivity index (χ3v) is 4.19. The van der Waals surface area contributed by atoms with E-state index in [-0.39, 0.29) is 0 Å². The molecular formula is C13H19N4OS+. The predicted molar refractivity (Wildman–Crippen MR) is 75.1 cm³/mol. The van der Waals surface area contributed by atoms with Gasteiger partial charge in [0.05, 0.1) is 17.0 Å². The molecule has 0 fully saturated rings. The average Bonchev–Trinajstić information content (AvgIpc) is 2.72. The zero-order chi connectivity index (χ0) is 13.8. The zero-order valence-electron chi connectivity index (χ0n) is 11.5. The van der Waals surface area contributed by atoms with Gasteiger partial charge in [-0.1, -0.05) is 11.3 Å². The van der Waals surface area contributed by atoms with E-state index in [4.69, 9.17) is 10.5 Å². The number of ether oxygens (including phenoxy) is 1. The Kier molecular flexibility index (Phi) is 4.44. The summed E-state index contributed by atoms with van der Waals surface area (Å²) in [4.78, 5) is 9.73. The normalized spacial score (nSPS) is 10.9. The number of hydrogen-bond donors (Lipinski definition) is 1. The van der Waals surface area contributed by atoms with Crippen LogP contribution in [-0.4, -0.2) is 23.7 Å². The molecule has 2 aromatic heterocycles. The molecule has 0 aliphatic rings. The maximum Gasteiger partial charge on any atom is 0.225 e. The standard InChI is InChI=1S/C13H19N4OS/c1-9-12(4-5-18-3)19-8-17(9)7-11-6-15-10(2)16-13(11)14/h6,8H,4-5,7H2,1-3H3,(H2,14,15,16)/q+1. The number of anilines is 1. The summed E-state index contributed by atoms with van der Waals surface area (Å²) in [5.41, 5.74) is 10.2. The average molecular weight is 279 g/mol. The molecule has 0 saturated heterocycles. The number of nitrogen functional groups attached to an aromatic ring is 1. The van der Waals surface area contributed by atoms with Gasteiger partial charge in [0, 0.05) is 26.7 Å². The molecule has 6 heteroatoms. The summed E-state index contributed by atoms with van der Waals surface area (Å²) in [5, 5.41) is 0. The molecule has 0 aliphatic carbocycles. The summed E-state index contributed by atoms with van der Waals surface area (Å²) in [6.45, 7) is 5.41. The number of aromatic nitrogens is 3. The second-order valence-electron chi connectivity index (χ2n) is 4.43. The summed E-state index contributed by atoms with van der Waals surface area (Å²) in [7, 11) is 1.72. The lowest BCUT2D eigenvalue weighted by Gasteiger charge is -2.02. The molecule has 19 heavy (non-hydrogen) atoms. The van der Waals surface area contributed by atoms with E-state index in [9.17, 15) is 0 Å². The Morgan fingerprint density at radius 1 is 1.42 bits per heavy atom. The van der Waals surface area contributed by atoms with E-state index in [1.165, 1.54) is 10.6 Å². The van der Waals surface area contributed by atoms with Gasteiger partial charge in [0.25, 0.3) is 0 Å². The van der Waals surface area contributed by atoms with Crippen LogP contribution < -0.4 is 10.3 Å². The lowest BCUT2D eigenvalue weighted by molar-refractivity contribution is -0.689. The Hall–Kier alpha value is -1.53. The van der Waals surface area contributed by atoms with Gasteiger partial charge in [-0.3, -0.25) is 0 Å². The van der Waals surface area contributed by atoms with E-state index >= 15 is 0 Å². The van der Waals surface area contributed by atoms with Crippen molar-refractivity contribution in [1.82, 2.24) is 9.97 Å². The Bertz CT molecular complexity index is 568. The van der Waals surface area contributed by atoms with Crippen LogP contribution in [0.15, 0.2) is 11.7 Å². The SMILES string of the molecule is COCCc1sc[n+](Cc2cnc(C)nc2N)c1C. The van der Waals surface area contributed by atoms with Gasteiger partial charge in [-0.2, -0.15) is 4.57 Å². The summed E-state index contributed by atoms with van der Waals surface area (Å²) in [6.07, 6.45) is 2.75. The molecule has 2 N–H and O–H groups in total. The van der Waals surface area contributed by atoms with Crippen LogP contribution in [0, 0.1) is 13.8 Å². The van der Waals surface area contributed by atoms with Crippen LogP contribution in [0.1, 0.15) is 22.0 Å². The fourth-order valence-electron chi connectivity index (χ4n) is 1.86. The number of hydrogen-bond acceptors (Lipinski definition) is 5. The van der Waals surface area contributed by atoms with E-state index in [1.807, 2.05) is 6.92 Å². The van der Waals surface area contributed by atoms with Crippen molar-refractivity contribution in [1.29, 1.82) is 0 Å². The first-order valence-electron chi connectivity index (χ1n) is 6.15. The molecule has 5 nitrogen and oxygen atoms in total. The van der Waals surface area contributed by atoms with Crippen molar-refractivity contribution in [3.05, 3.63) is 33.7 Å². The molecule has 0 atom stereocenters. The highest BCUT2D eigenvalue weighted by atomic mass is 32.1. The van der Waals surface area contributed by atoms with Crippen LogP contribution in [0.25, 0.3) is 0 Å². The smallest absolute Gasteiger partial charge is 0.225 e. The van der Waals surface area contributed by atoms with Crippen molar-refractivity contribution < 1.29 is 9.30 Å². The van der Waals surface area contributed by atoms with Crippen LogP contribution in [0.3, 0.4) is 0 Å². The number of nitrogens with zero attached hydrogens (tertiary/aromatic N) is 3. The van der Waals surface area contributed by atoms with Crippen LogP contribution in [0.5, 0.6) is 0 Å². The fraction of sp³-hybridized carbons (Fsp3) is 0.462. The second kappa shape index (κ2) is 6.08. The molecule has 102 valence electrons. The van der Waals surface area contributed by atoms with E-state index < -0.39 is 0 Å². The third kappa shape index (κ3) is 3.27. The Morgan fingerprint density at radius 2 is 2.21 bits per heavy atom. The molecule has 0 aliphatic heterocycles. The Morgan fingerprint density at radius 3 is 2.89 bits per heavy atom. The second-order valence-corrected chi connectivity index (χ2v) is 5.37. The van der Waals surface area contributed by atoms with E-state index in [2.05, 4.69) is 27.0 Å². The van der Waals surface area contributed by atoms with E-state index in [0.29, 0.717) is 18.2 Å². The molecule has 0 amide bonds. The van der Waals surface area contributed by atoms with Crippen molar-refractivity contribution >= 4 is 17.2 Å². The highest BCUT2D eigenvalue weighted by Crippen LogP contribution is 2.14. The van der Waals surface area contributed by atoms with Crippen LogP contribution >= 0.6 is 11.3 Å². The van der Waals surface area contributed by atoms with Gasteiger partial charge >= 0.3 is 0 Å². The van der Waals surface area contributed by atoms with Gasteiger partial charge in [0.15, 0.2) is 12.2 Å². The Balaban J connectivity index is 2.17. The topological polar surface area (TPSA) is 64.9 Å². The van der Waals surface area contributed by atoms with E-state index in [0.717, 1.165) is 18.6 Å². The van der Waals surface area contributed by atoms with Gasteiger partial charge in [0.1, 0.15) is 11.6 Å². The minimum atomic E-state index is 0.559. The highest BCUT2D eigenvalue weighted by Gasteiger charge is 2.17. The number of rotatable bonds is 5. The lowest BCUT2D eigenvalue weighted by atomic mass is 10.2. The van der Waals surface area contributed by atoms with E-state index in [1.54, 1.807) is 24.6 Å². The molecule has 2 rings (SSSR count). The molecule has 0 aromatic carbocycles. The number of aryl methyl sites for hydroxylation is 1. The molecular weight excluding hydrogens is 260 g/mol. The molecule has 0 spiro atoms. The van der Waals surface area contributed by atoms with Gasteiger partial charge < -0.3 is 10.5 Å². The van der Waals surface area contributed by atoms with Crippen LogP contribution in [0.2, 0.25) is 0 Å². The largest absolute Gasteiger partial charge is 0.384 e. The van der Waals surface area contributed by atoms with Crippen molar-refractivity contribution in [2.24, 2.45) is 0 Å². The summed E-state index contributed by atoms with van der Waals surface area (Å²) in [5.74, 6) is 1.26. The highest BCUT2D eigenvalue weighted by molar-refractivity contribution is 7.09. The minimum absolute atomic E-state index is 0.559. The first kappa shape index (κ1) is 13.9. The minimum Gasteiger partial charge on any atom is -0.384 e. The molecule has 0 radical (unpaired) electrons. The molecule has 0 bridgehead atoms. The van der Waals surface area contributed by atoms with Crippen molar-refractivity contribution in [3.8, 4) is 0 Å². The number of nitrogens with two attached hydrogens (primary N) is 1. The maximum absolute atomic E-state index is 5.93. The quantitative estimate of drug-likeness (QED) is 0.837. The molecule has 2 aromatic rings. The summed E-state index contributed by atoms with van der Waals surface area (Å²) >= 11 is 1.75. The Labute approximate surface area is 117 Å². The maximum atomic E-state index is 5.93. The van der Waals surface area contributed by atoms with Crippen molar-refractivity contribution in [2.75, 3.05) is 19.5 Å². The number of methoxy groups -OCH3 is 1. The number of thiazole rings is 1. The van der Waals surface area contributed by atoms with Crippen LogP contribution in [0.4, 0.5) is 5.82 Å². The third-order valence-electron chi connectivity index (χ3n) is 3.05. The first-order chi connectivity index (χ1) is 9.11. The molecule has 2 heterocycles. The predicted octanol–water partition coefficient (Wildman–Crippen LogP) is 1.26. The molecule has 0 unspecified atom stereocenters. The zero-order valence-corrected chi connectivity index (χ0v) is 12.3. The van der Waals surface area contributed by atoms with Gasteiger partial charge in [-0.25, -0.2) is 9.97 Å². The van der Waals surface area contributed by atoms with Gasteiger partial charge in [0.2, 0.25) is 5.51 Å². The van der Waals surface area contributed by atoms with Crippen molar-refractivity contribution in [3.63, 3.8) is 0 Å². The monoisotopic (exact) mass is 279 g/mol. The van der Waals surface area contributed by atoms with Crippen LogP contribution in [-0.2, 0) is 17.7 Å². The summed E-state index contributed by atoms with van der Waals surface area (Å²) < 4.78 is 7.30. The summed E-state index contributed by atoms with van der Waals surface area (Å²) in [6, 6.07) is 0. The molecule has 0 saturated carbocycles. The van der Waals surface area contributed by atoms with Crippen molar-refractivity contribution in [2.45, 2.75) is 26.8 Å². The lowest BCUT2D eigenvalue weighted by Crippen LogP contribution is -2.35. The fourth-order valence-corrected chi connectivity index (χ4v) is 2.84.